The van der Waals surface area contributed by atoms with E-state index in [1.807, 2.05) is 25.1 Å². The molecule has 0 atom stereocenters. The molecule has 0 spiro atoms. The van der Waals surface area contributed by atoms with Crippen LogP contribution in [0.2, 0.25) is 0 Å². The van der Waals surface area contributed by atoms with E-state index in [1.165, 1.54) is 0 Å². The zero-order valence-corrected chi connectivity index (χ0v) is 10.5. The van der Waals surface area contributed by atoms with Crippen molar-refractivity contribution < 1.29 is 9.90 Å². The van der Waals surface area contributed by atoms with Gasteiger partial charge in [0, 0.05) is 23.7 Å². The Labute approximate surface area is 105 Å². The first-order valence-corrected chi connectivity index (χ1v) is 6.31. The van der Waals surface area contributed by atoms with E-state index >= 15 is 0 Å². The van der Waals surface area contributed by atoms with Crippen LogP contribution in [0.15, 0.2) is 23.1 Å². The van der Waals surface area contributed by atoms with Crippen LogP contribution in [0.1, 0.15) is 12.0 Å². The lowest BCUT2D eigenvalue weighted by molar-refractivity contribution is -0.138. The van der Waals surface area contributed by atoms with Crippen molar-refractivity contribution in [3.05, 3.63) is 23.8 Å². The average molecular weight is 252 g/mol. The summed E-state index contributed by atoms with van der Waals surface area (Å²) >= 11 is 1.62. The molecule has 4 nitrogen and oxygen atoms in total. The maximum absolute atomic E-state index is 10.9. The third-order valence-corrected chi connectivity index (χ3v) is 4.55. The Morgan fingerprint density at radius 2 is 2.29 bits per heavy atom. The largest absolute Gasteiger partial charge is 0.481 e. The predicted octanol–water partition coefficient (Wildman–Crippen LogP) is 1.49. The minimum absolute atomic E-state index is 0.179. The highest BCUT2D eigenvalue weighted by atomic mass is 32.2. The zero-order chi connectivity index (χ0) is 12.5. The summed E-state index contributed by atoms with van der Waals surface area (Å²) in [5.41, 5.74) is 7.65. The quantitative estimate of drug-likeness (QED) is 0.708. The van der Waals surface area contributed by atoms with Crippen molar-refractivity contribution in [1.29, 1.82) is 0 Å². The highest BCUT2D eigenvalue weighted by Crippen LogP contribution is 2.41. The number of hydrogen-bond acceptors (Lipinski definition) is 4. The van der Waals surface area contributed by atoms with Crippen LogP contribution < -0.4 is 11.1 Å². The zero-order valence-electron chi connectivity index (χ0n) is 9.69. The van der Waals surface area contributed by atoms with Gasteiger partial charge in [-0.15, -0.1) is 11.8 Å². The normalized spacial score (nSPS) is 17.5. The molecule has 1 heterocycles. The fourth-order valence-electron chi connectivity index (χ4n) is 1.89. The molecule has 1 aliphatic heterocycles. The highest BCUT2D eigenvalue weighted by Gasteiger charge is 2.40. The monoisotopic (exact) mass is 252 g/mol. The van der Waals surface area contributed by atoms with Gasteiger partial charge in [0.1, 0.15) is 0 Å². The third-order valence-electron chi connectivity index (χ3n) is 3.02. The first-order valence-electron chi connectivity index (χ1n) is 5.49. The van der Waals surface area contributed by atoms with E-state index in [-0.39, 0.29) is 11.2 Å². The van der Waals surface area contributed by atoms with Crippen molar-refractivity contribution in [2.45, 2.75) is 23.0 Å². The van der Waals surface area contributed by atoms with Gasteiger partial charge in [-0.2, -0.15) is 0 Å². The van der Waals surface area contributed by atoms with Crippen molar-refractivity contribution in [2.75, 3.05) is 18.8 Å². The maximum atomic E-state index is 10.9. The van der Waals surface area contributed by atoms with E-state index in [0.29, 0.717) is 0 Å². The van der Waals surface area contributed by atoms with E-state index in [2.05, 4.69) is 5.32 Å². The lowest BCUT2D eigenvalue weighted by Crippen LogP contribution is -2.58. The van der Waals surface area contributed by atoms with E-state index in [0.717, 1.165) is 29.2 Å². The number of rotatable bonds is 4. The molecule has 4 N–H and O–H groups in total. The van der Waals surface area contributed by atoms with Gasteiger partial charge >= 0.3 is 5.97 Å². The Kier molecular flexibility index (Phi) is 3.31. The first-order chi connectivity index (χ1) is 8.02. The van der Waals surface area contributed by atoms with Gasteiger partial charge in [-0.25, -0.2) is 0 Å². The van der Waals surface area contributed by atoms with Crippen LogP contribution in [-0.2, 0) is 4.79 Å². The van der Waals surface area contributed by atoms with Crippen LogP contribution in [0.3, 0.4) is 0 Å². The van der Waals surface area contributed by atoms with Gasteiger partial charge in [0.05, 0.1) is 11.2 Å². The van der Waals surface area contributed by atoms with Crippen molar-refractivity contribution >= 4 is 23.4 Å². The van der Waals surface area contributed by atoms with Gasteiger partial charge in [0.2, 0.25) is 0 Å². The van der Waals surface area contributed by atoms with Gasteiger partial charge in [-0.1, -0.05) is 6.07 Å². The van der Waals surface area contributed by atoms with Crippen LogP contribution >= 0.6 is 11.8 Å². The van der Waals surface area contributed by atoms with E-state index in [1.54, 1.807) is 11.8 Å². The Morgan fingerprint density at radius 3 is 2.82 bits per heavy atom. The fraction of sp³-hybridized carbons (Fsp3) is 0.417. The molecular weight excluding hydrogens is 236 g/mol. The number of nitrogens with one attached hydrogen (secondary N) is 1. The van der Waals surface area contributed by atoms with Gasteiger partial charge in [-0.3, -0.25) is 4.79 Å². The van der Waals surface area contributed by atoms with Crippen LogP contribution in [0, 0.1) is 6.92 Å². The molecule has 0 bridgehead atoms. The second-order valence-corrected chi connectivity index (χ2v) is 5.94. The number of carbonyl (C=O) groups is 1. The van der Waals surface area contributed by atoms with E-state index < -0.39 is 5.97 Å². The molecule has 1 aliphatic rings. The number of carboxylic acid groups (broad SMARTS) is 1. The SMILES string of the molecule is Cc1c(N)cccc1SC1(CC(=O)O)CNC1. The molecule has 0 unspecified atom stereocenters. The number of anilines is 1. The summed E-state index contributed by atoms with van der Waals surface area (Å²) < 4.78 is -0.218. The summed E-state index contributed by atoms with van der Waals surface area (Å²) in [5.74, 6) is -0.749. The molecule has 92 valence electrons. The van der Waals surface area contributed by atoms with Crippen molar-refractivity contribution in [2.24, 2.45) is 0 Å². The summed E-state index contributed by atoms with van der Waals surface area (Å²) in [7, 11) is 0. The number of carboxylic acids is 1. The fourth-order valence-corrected chi connectivity index (χ4v) is 3.32. The molecule has 1 aromatic rings. The standard InChI is InChI=1S/C12H16N2O2S/c1-8-9(13)3-2-4-10(8)17-12(5-11(15)16)6-14-7-12/h2-4,14H,5-7,13H2,1H3,(H,15,16). The summed E-state index contributed by atoms with van der Waals surface area (Å²) in [6.45, 7) is 3.44. The summed E-state index contributed by atoms with van der Waals surface area (Å²) in [6.07, 6.45) is 0.179. The summed E-state index contributed by atoms with van der Waals surface area (Å²) in [5, 5.41) is 12.1. The summed E-state index contributed by atoms with van der Waals surface area (Å²) in [4.78, 5) is 12.0. The topological polar surface area (TPSA) is 75.4 Å². The Bertz CT molecular complexity index is 444. The van der Waals surface area contributed by atoms with Crippen molar-refractivity contribution in [1.82, 2.24) is 5.32 Å². The van der Waals surface area contributed by atoms with Crippen molar-refractivity contribution in [3.63, 3.8) is 0 Å². The van der Waals surface area contributed by atoms with Crippen LogP contribution in [-0.4, -0.2) is 28.9 Å². The first kappa shape index (κ1) is 12.3. The number of hydrogen-bond donors (Lipinski definition) is 3. The molecule has 1 saturated heterocycles. The molecule has 0 saturated carbocycles. The Morgan fingerprint density at radius 1 is 1.59 bits per heavy atom. The molecule has 0 amide bonds. The second kappa shape index (κ2) is 4.58. The average Bonchev–Trinajstić information content (AvgIpc) is 2.21. The van der Waals surface area contributed by atoms with Gasteiger partial charge in [0.25, 0.3) is 0 Å². The minimum Gasteiger partial charge on any atom is -0.481 e. The molecule has 0 aromatic heterocycles. The van der Waals surface area contributed by atoms with Crippen LogP contribution in [0.5, 0.6) is 0 Å². The number of thioether (sulfide) groups is 1. The van der Waals surface area contributed by atoms with Crippen molar-refractivity contribution in [3.8, 4) is 0 Å². The lowest BCUT2D eigenvalue weighted by atomic mass is 9.98. The van der Waals surface area contributed by atoms with Gasteiger partial charge in [-0.05, 0) is 24.6 Å². The molecule has 17 heavy (non-hydrogen) atoms. The van der Waals surface area contributed by atoms with Crippen LogP contribution in [0.4, 0.5) is 5.69 Å². The predicted molar refractivity (Wildman–Crippen MR) is 69.3 cm³/mol. The minimum atomic E-state index is -0.749. The number of nitrogens with two attached hydrogens (primary N) is 1. The van der Waals surface area contributed by atoms with E-state index in [4.69, 9.17) is 10.8 Å². The summed E-state index contributed by atoms with van der Waals surface area (Å²) in [6, 6.07) is 5.77. The Hall–Kier alpha value is -1.20. The molecule has 0 radical (unpaired) electrons. The molecule has 2 rings (SSSR count). The van der Waals surface area contributed by atoms with E-state index in [9.17, 15) is 4.79 Å². The Balaban J connectivity index is 2.18. The molecule has 5 heteroatoms. The smallest absolute Gasteiger partial charge is 0.304 e. The van der Waals surface area contributed by atoms with Gasteiger partial charge < -0.3 is 16.2 Å². The number of nitrogen functional groups attached to an aromatic ring is 1. The molecule has 1 fully saturated rings. The maximum Gasteiger partial charge on any atom is 0.304 e. The lowest BCUT2D eigenvalue weighted by Gasteiger charge is -2.41. The second-order valence-electron chi connectivity index (χ2n) is 4.43. The molecule has 0 aliphatic carbocycles. The van der Waals surface area contributed by atoms with Crippen LogP contribution in [0.25, 0.3) is 0 Å². The highest BCUT2D eigenvalue weighted by molar-refractivity contribution is 8.00. The molecule has 1 aromatic carbocycles. The molecular formula is C12H16N2O2S. The number of benzene rings is 1. The number of aliphatic carboxylic acids is 1. The van der Waals surface area contributed by atoms with Gasteiger partial charge in [0.15, 0.2) is 0 Å². The third kappa shape index (κ3) is 2.56.